The van der Waals surface area contributed by atoms with Crippen molar-refractivity contribution < 1.29 is 14.4 Å². The second-order valence-corrected chi connectivity index (χ2v) is 3.61. The third-order valence-corrected chi connectivity index (χ3v) is 2.24. The van der Waals surface area contributed by atoms with Crippen LogP contribution in [0.3, 0.4) is 0 Å². The first-order valence-electron chi connectivity index (χ1n) is 5.39. The first-order chi connectivity index (χ1) is 8.52. The van der Waals surface area contributed by atoms with Crippen molar-refractivity contribution in [1.82, 2.24) is 10.6 Å². The fourth-order valence-electron chi connectivity index (χ4n) is 1.21. The average Bonchev–Trinajstić information content (AvgIpc) is 2.36. The predicted molar refractivity (Wildman–Crippen MR) is 67.5 cm³/mol. The second-order valence-electron chi connectivity index (χ2n) is 3.61. The second kappa shape index (κ2) is 6.39. The van der Waals surface area contributed by atoms with Gasteiger partial charge in [-0.25, -0.2) is 4.79 Å². The van der Waals surface area contributed by atoms with E-state index in [-0.39, 0.29) is 18.2 Å². The molecule has 0 aliphatic rings. The Morgan fingerprint density at radius 2 is 1.72 bits per heavy atom. The molecule has 0 saturated heterocycles. The summed E-state index contributed by atoms with van der Waals surface area (Å²) in [5, 5.41) is 7.32. The van der Waals surface area contributed by atoms with Gasteiger partial charge in [0.2, 0.25) is 5.91 Å². The summed E-state index contributed by atoms with van der Waals surface area (Å²) < 4.78 is 0. The number of likely N-dealkylation sites (N-methyl/N-ethyl adjacent to an activating group) is 1. The molecule has 0 saturated carbocycles. The van der Waals surface area contributed by atoms with Crippen LogP contribution in [-0.2, 0) is 4.79 Å². The number of ketones is 1. The number of amides is 3. The Morgan fingerprint density at radius 1 is 1.11 bits per heavy atom. The minimum absolute atomic E-state index is 0.0365. The molecule has 0 aliphatic heterocycles. The van der Waals surface area contributed by atoms with E-state index in [0.717, 1.165) is 0 Å². The van der Waals surface area contributed by atoms with Crippen molar-refractivity contribution in [2.75, 3.05) is 18.9 Å². The molecule has 0 unspecified atom stereocenters. The van der Waals surface area contributed by atoms with E-state index >= 15 is 0 Å². The number of nitrogens with one attached hydrogen (secondary N) is 3. The van der Waals surface area contributed by atoms with Gasteiger partial charge >= 0.3 is 6.03 Å². The lowest BCUT2D eigenvalue weighted by Gasteiger charge is -2.07. The number of urea groups is 1. The van der Waals surface area contributed by atoms with Crippen LogP contribution in [0.15, 0.2) is 24.3 Å². The van der Waals surface area contributed by atoms with Gasteiger partial charge in [0.05, 0.1) is 6.54 Å². The van der Waals surface area contributed by atoms with Crippen molar-refractivity contribution in [2.45, 2.75) is 6.92 Å². The van der Waals surface area contributed by atoms with E-state index in [2.05, 4.69) is 16.0 Å². The first kappa shape index (κ1) is 13.7. The number of rotatable bonds is 4. The van der Waals surface area contributed by atoms with Crippen LogP contribution in [0.2, 0.25) is 0 Å². The van der Waals surface area contributed by atoms with E-state index in [1.54, 1.807) is 24.3 Å². The smallest absolute Gasteiger partial charge is 0.319 e. The summed E-state index contributed by atoms with van der Waals surface area (Å²) in [6, 6.07) is 6.01. The molecule has 0 fully saturated rings. The van der Waals surface area contributed by atoms with Crippen LogP contribution in [0, 0.1) is 0 Å². The van der Waals surface area contributed by atoms with Gasteiger partial charge in [-0.15, -0.1) is 0 Å². The summed E-state index contributed by atoms with van der Waals surface area (Å²) >= 11 is 0. The summed E-state index contributed by atoms with van der Waals surface area (Å²) in [5.41, 5.74) is 1.13. The predicted octanol–water partition coefficient (Wildman–Crippen LogP) is 0.757. The van der Waals surface area contributed by atoms with Crippen molar-refractivity contribution in [3.05, 3.63) is 29.8 Å². The molecule has 0 aromatic heterocycles. The molecule has 0 spiro atoms. The topological polar surface area (TPSA) is 87.3 Å². The SMILES string of the molecule is CNC(=O)CNC(=O)Nc1ccc(C(C)=O)cc1. The Kier molecular flexibility index (Phi) is 4.86. The molecular weight excluding hydrogens is 234 g/mol. The van der Waals surface area contributed by atoms with Gasteiger partial charge in [-0.3, -0.25) is 9.59 Å². The van der Waals surface area contributed by atoms with Gasteiger partial charge in [-0.1, -0.05) is 0 Å². The van der Waals surface area contributed by atoms with E-state index in [9.17, 15) is 14.4 Å². The molecule has 1 aromatic carbocycles. The van der Waals surface area contributed by atoms with Crippen molar-refractivity contribution in [3.63, 3.8) is 0 Å². The molecule has 0 bridgehead atoms. The Morgan fingerprint density at radius 3 is 2.22 bits per heavy atom. The lowest BCUT2D eigenvalue weighted by Crippen LogP contribution is -2.37. The molecule has 3 N–H and O–H groups in total. The Balaban J connectivity index is 2.49. The first-order valence-corrected chi connectivity index (χ1v) is 5.39. The van der Waals surface area contributed by atoms with Crippen molar-refractivity contribution in [2.24, 2.45) is 0 Å². The van der Waals surface area contributed by atoms with E-state index in [0.29, 0.717) is 11.3 Å². The maximum atomic E-state index is 11.4. The molecule has 0 radical (unpaired) electrons. The van der Waals surface area contributed by atoms with Gasteiger partial charge in [-0.2, -0.15) is 0 Å². The van der Waals surface area contributed by atoms with Crippen LogP contribution < -0.4 is 16.0 Å². The minimum atomic E-state index is -0.478. The molecular formula is C12H15N3O3. The largest absolute Gasteiger partial charge is 0.358 e. The highest BCUT2D eigenvalue weighted by atomic mass is 16.2. The van der Waals surface area contributed by atoms with Crippen molar-refractivity contribution in [3.8, 4) is 0 Å². The van der Waals surface area contributed by atoms with Crippen LogP contribution >= 0.6 is 0 Å². The van der Waals surface area contributed by atoms with Crippen molar-refractivity contribution >= 4 is 23.4 Å². The quantitative estimate of drug-likeness (QED) is 0.688. The summed E-state index contributed by atoms with van der Waals surface area (Å²) in [4.78, 5) is 33.3. The molecule has 6 nitrogen and oxygen atoms in total. The Labute approximate surface area is 105 Å². The number of benzene rings is 1. The van der Waals surface area contributed by atoms with Gasteiger partial charge in [0.15, 0.2) is 5.78 Å². The molecule has 0 aliphatic carbocycles. The van der Waals surface area contributed by atoms with Crippen LogP contribution in [0.5, 0.6) is 0 Å². The lowest BCUT2D eigenvalue weighted by molar-refractivity contribution is -0.119. The Hall–Kier alpha value is -2.37. The summed E-state index contributed by atoms with van der Waals surface area (Å²) in [6.07, 6.45) is 0. The van der Waals surface area contributed by atoms with Gasteiger partial charge < -0.3 is 16.0 Å². The highest BCUT2D eigenvalue weighted by Gasteiger charge is 2.04. The van der Waals surface area contributed by atoms with Gasteiger partial charge in [0, 0.05) is 18.3 Å². The van der Waals surface area contributed by atoms with Gasteiger partial charge in [0.25, 0.3) is 0 Å². The third-order valence-electron chi connectivity index (χ3n) is 2.24. The summed E-state index contributed by atoms with van der Waals surface area (Å²) in [6.45, 7) is 1.38. The third kappa shape index (κ3) is 4.25. The number of hydrogen-bond acceptors (Lipinski definition) is 3. The van der Waals surface area contributed by atoms with E-state index in [4.69, 9.17) is 0 Å². The number of hydrogen-bond donors (Lipinski definition) is 3. The molecule has 18 heavy (non-hydrogen) atoms. The number of carbonyl (C=O) groups is 3. The molecule has 0 atom stereocenters. The maximum Gasteiger partial charge on any atom is 0.319 e. The Bertz CT molecular complexity index is 454. The zero-order valence-electron chi connectivity index (χ0n) is 10.2. The number of carbonyl (C=O) groups excluding carboxylic acids is 3. The highest BCUT2D eigenvalue weighted by Crippen LogP contribution is 2.09. The fourth-order valence-corrected chi connectivity index (χ4v) is 1.21. The molecule has 0 heterocycles. The van der Waals surface area contributed by atoms with Gasteiger partial charge in [0.1, 0.15) is 0 Å². The monoisotopic (exact) mass is 249 g/mol. The molecule has 1 aromatic rings. The van der Waals surface area contributed by atoms with E-state index in [1.807, 2.05) is 0 Å². The summed E-state index contributed by atoms with van der Waals surface area (Å²) in [5.74, 6) is -0.317. The lowest BCUT2D eigenvalue weighted by atomic mass is 10.1. The average molecular weight is 249 g/mol. The van der Waals surface area contributed by atoms with Crippen LogP contribution in [0.25, 0.3) is 0 Å². The van der Waals surface area contributed by atoms with Gasteiger partial charge in [-0.05, 0) is 31.2 Å². The zero-order chi connectivity index (χ0) is 13.5. The number of anilines is 1. The minimum Gasteiger partial charge on any atom is -0.358 e. The normalized spacial score (nSPS) is 9.44. The zero-order valence-corrected chi connectivity index (χ0v) is 10.2. The van der Waals surface area contributed by atoms with Crippen LogP contribution in [0.4, 0.5) is 10.5 Å². The molecule has 96 valence electrons. The fraction of sp³-hybridized carbons (Fsp3) is 0.250. The molecule has 1 rings (SSSR count). The number of Topliss-reactive ketones (excluding diaryl/α,β-unsaturated/α-hetero) is 1. The van der Waals surface area contributed by atoms with E-state index in [1.165, 1.54) is 14.0 Å². The van der Waals surface area contributed by atoms with E-state index < -0.39 is 6.03 Å². The maximum absolute atomic E-state index is 11.4. The molecule has 6 heteroatoms. The summed E-state index contributed by atoms with van der Waals surface area (Å²) in [7, 11) is 1.49. The molecule has 3 amide bonds. The van der Waals surface area contributed by atoms with Crippen LogP contribution in [0.1, 0.15) is 17.3 Å². The van der Waals surface area contributed by atoms with Crippen LogP contribution in [-0.4, -0.2) is 31.3 Å². The van der Waals surface area contributed by atoms with Crippen molar-refractivity contribution in [1.29, 1.82) is 0 Å². The highest BCUT2D eigenvalue weighted by molar-refractivity contribution is 5.95. The standard InChI is InChI=1S/C12H15N3O3/c1-8(16)9-3-5-10(6-4-9)15-12(18)14-7-11(17)13-2/h3-6H,7H2,1-2H3,(H,13,17)(H2,14,15,18).